The van der Waals surface area contributed by atoms with E-state index in [1.54, 1.807) is 6.07 Å². The molecule has 1 aromatic rings. The van der Waals surface area contributed by atoms with Gasteiger partial charge in [-0.15, -0.1) is 0 Å². The smallest absolute Gasteiger partial charge is 0.141 e. The molecule has 2 N–H and O–H groups in total. The van der Waals surface area contributed by atoms with Gasteiger partial charge in [0.05, 0.1) is 5.02 Å². The highest BCUT2D eigenvalue weighted by Crippen LogP contribution is 2.35. The highest BCUT2D eigenvalue weighted by Gasteiger charge is 2.19. The van der Waals surface area contributed by atoms with Crippen LogP contribution in [0, 0.1) is 0 Å². The zero-order valence-corrected chi connectivity index (χ0v) is 8.40. The summed E-state index contributed by atoms with van der Waals surface area (Å²) in [4.78, 5) is 0. The maximum absolute atomic E-state index is 5.94. The van der Waals surface area contributed by atoms with Crippen LogP contribution in [0.1, 0.15) is 5.56 Å². The molecule has 70 valence electrons. The minimum atomic E-state index is 0.0435. The van der Waals surface area contributed by atoms with Crippen LogP contribution in [0.15, 0.2) is 12.1 Å². The first-order valence-corrected chi connectivity index (χ1v) is 4.78. The topological polar surface area (TPSA) is 35.2 Å². The standard InChI is InChI=1S/C9H9Cl2NO/c10-6-1-5-2-7(12)4-13-9(5)8(11)3-6/h1,3,7H,2,4,12H2. The van der Waals surface area contributed by atoms with Crippen LogP contribution in [0.4, 0.5) is 0 Å². The van der Waals surface area contributed by atoms with E-state index in [9.17, 15) is 0 Å². The highest BCUT2D eigenvalue weighted by molar-refractivity contribution is 6.35. The monoisotopic (exact) mass is 217 g/mol. The number of hydrogen-bond acceptors (Lipinski definition) is 2. The molecule has 1 unspecified atom stereocenters. The van der Waals surface area contributed by atoms with Crippen molar-refractivity contribution in [3.63, 3.8) is 0 Å². The van der Waals surface area contributed by atoms with Gasteiger partial charge in [-0.3, -0.25) is 0 Å². The Labute approximate surface area is 86.6 Å². The van der Waals surface area contributed by atoms with Crippen LogP contribution in [0.5, 0.6) is 5.75 Å². The second-order valence-corrected chi connectivity index (χ2v) is 3.99. The third-order valence-electron chi connectivity index (χ3n) is 2.01. The molecule has 2 nitrogen and oxygen atoms in total. The van der Waals surface area contributed by atoms with Gasteiger partial charge in [-0.25, -0.2) is 0 Å². The van der Waals surface area contributed by atoms with E-state index < -0.39 is 0 Å². The molecule has 0 aromatic heterocycles. The highest BCUT2D eigenvalue weighted by atomic mass is 35.5. The third kappa shape index (κ3) is 1.75. The van der Waals surface area contributed by atoms with E-state index in [4.69, 9.17) is 33.7 Å². The molecular weight excluding hydrogens is 209 g/mol. The van der Waals surface area contributed by atoms with Gasteiger partial charge in [-0.05, 0) is 24.1 Å². The van der Waals surface area contributed by atoms with Crippen LogP contribution in [0.3, 0.4) is 0 Å². The van der Waals surface area contributed by atoms with Gasteiger partial charge >= 0.3 is 0 Å². The van der Waals surface area contributed by atoms with Crippen molar-refractivity contribution in [2.24, 2.45) is 5.73 Å². The van der Waals surface area contributed by atoms with Gasteiger partial charge in [0.15, 0.2) is 0 Å². The van der Waals surface area contributed by atoms with E-state index in [0.29, 0.717) is 16.7 Å². The van der Waals surface area contributed by atoms with Crippen LogP contribution < -0.4 is 10.5 Å². The van der Waals surface area contributed by atoms with E-state index in [2.05, 4.69) is 0 Å². The molecule has 0 saturated carbocycles. The number of nitrogens with two attached hydrogens (primary N) is 1. The SMILES string of the molecule is NC1COc2c(Cl)cc(Cl)cc2C1. The van der Waals surface area contributed by atoms with Crippen molar-refractivity contribution in [1.29, 1.82) is 0 Å². The number of hydrogen-bond donors (Lipinski definition) is 1. The molecule has 1 atom stereocenters. The van der Waals surface area contributed by atoms with Gasteiger partial charge < -0.3 is 10.5 Å². The summed E-state index contributed by atoms with van der Waals surface area (Å²) in [6.07, 6.45) is 0.773. The number of halogens is 2. The van der Waals surface area contributed by atoms with Gasteiger partial charge in [0, 0.05) is 11.1 Å². The Balaban J connectivity index is 2.47. The average Bonchev–Trinajstić information content (AvgIpc) is 2.02. The molecule has 0 aliphatic carbocycles. The Kier molecular flexibility index (Phi) is 2.37. The molecule has 0 radical (unpaired) electrons. The molecule has 13 heavy (non-hydrogen) atoms. The molecule has 0 fully saturated rings. The predicted molar refractivity (Wildman–Crippen MR) is 53.6 cm³/mol. The van der Waals surface area contributed by atoms with Crippen molar-refractivity contribution in [2.75, 3.05) is 6.61 Å². The predicted octanol–water partition coefficient (Wildman–Crippen LogP) is 2.26. The Morgan fingerprint density at radius 3 is 2.92 bits per heavy atom. The average molecular weight is 218 g/mol. The Hall–Kier alpha value is -0.440. The third-order valence-corrected chi connectivity index (χ3v) is 2.51. The van der Waals surface area contributed by atoms with Crippen LogP contribution in [-0.4, -0.2) is 12.6 Å². The van der Waals surface area contributed by atoms with Gasteiger partial charge in [0.25, 0.3) is 0 Å². The molecule has 1 aliphatic rings. The summed E-state index contributed by atoms with van der Waals surface area (Å²) < 4.78 is 5.41. The molecule has 0 amide bonds. The van der Waals surface area contributed by atoms with Gasteiger partial charge in [0.2, 0.25) is 0 Å². The van der Waals surface area contributed by atoms with Crippen LogP contribution in [0.2, 0.25) is 10.0 Å². The van der Waals surface area contributed by atoms with Gasteiger partial charge in [-0.1, -0.05) is 23.2 Å². The molecule has 4 heteroatoms. The molecule has 2 rings (SSSR count). The van der Waals surface area contributed by atoms with Gasteiger partial charge in [-0.2, -0.15) is 0 Å². The minimum Gasteiger partial charge on any atom is -0.490 e. The minimum absolute atomic E-state index is 0.0435. The molecule has 1 aliphatic heterocycles. The second-order valence-electron chi connectivity index (χ2n) is 3.15. The largest absolute Gasteiger partial charge is 0.490 e. The fourth-order valence-corrected chi connectivity index (χ4v) is 2.05. The van der Waals surface area contributed by atoms with Crippen LogP contribution in [-0.2, 0) is 6.42 Å². The Morgan fingerprint density at radius 2 is 2.15 bits per heavy atom. The summed E-state index contributed by atoms with van der Waals surface area (Å²) in [6, 6.07) is 3.57. The van der Waals surface area contributed by atoms with Crippen molar-refractivity contribution < 1.29 is 4.74 Å². The fourth-order valence-electron chi connectivity index (χ4n) is 1.46. The lowest BCUT2D eigenvalue weighted by atomic mass is 10.0. The summed E-state index contributed by atoms with van der Waals surface area (Å²) in [7, 11) is 0. The zero-order valence-electron chi connectivity index (χ0n) is 6.89. The number of benzene rings is 1. The van der Waals surface area contributed by atoms with E-state index in [0.717, 1.165) is 17.7 Å². The summed E-state index contributed by atoms with van der Waals surface area (Å²) >= 11 is 11.8. The van der Waals surface area contributed by atoms with Crippen LogP contribution in [0.25, 0.3) is 0 Å². The quantitative estimate of drug-likeness (QED) is 0.724. The van der Waals surface area contributed by atoms with E-state index in [1.165, 1.54) is 0 Å². The normalized spacial score (nSPS) is 20.7. The summed E-state index contributed by atoms with van der Waals surface area (Å²) in [6.45, 7) is 0.522. The number of fused-ring (bicyclic) bond motifs is 1. The lowest BCUT2D eigenvalue weighted by Crippen LogP contribution is -2.33. The molecule has 0 bridgehead atoms. The van der Waals surface area contributed by atoms with Crippen molar-refractivity contribution in [3.05, 3.63) is 27.7 Å². The molecule has 0 saturated heterocycles. The molecular formula is C9H9Cl2NO. The van der Waals surface area contributed by atoms with Crippen molar-refractivity contribution in [1.82, 2.24) is 0 Å². The maximum atomic E-state index is 5.94. The van der Waals surface area contributed by atoms with E-state index in [1.807, 2.05) is 6.07 Å². The van der Waals surface area contributed by atoms with E-state index in [-0.39, 0.29) is 6.04 Å². The summed E-state index contributed by atoms with van der Waals surface area (Å²) in [5.41, 5.74) is 6.74. The van der Waals surface area contributed by atoms with Crippen molar-refractivity contribution >= 4 is 23.2 Å². The van der Waals surface area contributed by atoms with Crippen LogP contribution >= 0.6 is 23.2 Å². The summed E-state index contributed by atoms with van der Waals surface area (Å²) in [5.74, 6) is 0.729. The lowest BCUT2D eigenvalue weighted by Gasteiger charge is -2.23. The number of rotatable bonds is 0. The number of ether oxygens (including phenoxy) is 1. The first kappa shape index (κ1) is 9.13. The molecule has 1 aromatic carbocycles. The zero-order chi connectivity index (χ0) is 9.42. The lowest BCUT2D eigenvalue weighted by molar-refractivity contribution is 0.264. The first-order chi connectivity index (χ1) is 6.16. The molecule has 0 spiro atoms. The van der Waals surface area contributed by atoms with Crippen molar-refractivity contribution in [3.8, 4) is 5.75 Å². The maximum Gasteiger partial charge on any atom is 0.141 e. The second kappa shape index (κ2) is 3.37. The van der Waals surface area contributed by atoms with E-state index >= 15 is 0 Å². The van der Waals surface area contributed by atoms with Crippen molar-refractivity contribution in [2.45, 2.75) is 12.5 Å². The first-order valence-electron chi connectivity index (χ1n) is 4.03. The fraction of sp³-hybridized carbons (Fsp3) is 0.333. The molecule has 1 heterocycles. The summed E-state index contributed by atoms with van der Waals surface area (Å²) in [5, 5.41) is 1.19. The Bertz CT molecular complexity index is 341. The Morgan fingerprint density at radius 1 is 1.38 bits per heavy atom. The van der Waals surface area contributed by atoms with Gasteiger partial charge in [0.1, 0.15) is 12.4 Å².